The van der Waals surface area contributed by atoms with E-state index < -0.39 is 0 Å². The van der Waals surface area contributed by atoms with E-state index in [0.717, 1.165) is 36.5 Å². The number of nitrogens with one attached hydrogen (secondary N) is 2. The Morgan fingerprint density at radius 2 is 1.97 bits per heavy atom. The van der Waals surface area contributed by atoms with Crippen LogP contribution < -0.4 is 15.5 Å². The van der Waals surface area contributed by atoms with Crippen LogP contribution in [0.3, 0.4) is 0 Å². The van der Waals surface area contributed by atoms with Crippen LogP contribution in [-0.4, -0.2) is 30.2 Å². The van der Waals surface area contributed by atoms with Crippen LogP contribution in [0.4, 0.5) is 11.4 Å². The zero-order valence-corrected chi connectivity index (χ0v) is 21.0. The molecule has 168 valence electrons. The molecule has 2 aliphatic heterocycles. The number of para-hydroxylation sites is 1. The molecule has 1 unspecified atom stereocenters. The number of fused-ring (bicyclic) bond motifs is 2. The van der Waals surface area contributed by atoms with Crippen LogP contribution in [0.15, 0.2) is 52.3 Å². The number of hydrogen-bond donors (Lipinski definition) is 2. The summed E-state index contributed by atoms with van der Waals surface area (Å²) in [5, 5.41) is 7.18. The van der Waals surface area contributed by atoms with Gasteiger partial charge in [0.2, 0.25) is 0 Å². The van der Waals surface area contributed by atoms with E-state index in [4.69, 9.17) is 12.2 Å². The molecule has 1 fully saturated rings. The third-order valence-electron chi connectivity index (χ3n) is 6.09. The zero-order chi connectivity index (χ0) is 20.9. The Hall–Kier alpha value is -1.27. The standard InChI is InChI=1S/C25H33N3S2.ClH/c1-3-14-27-25(29)19-12-13-24-22(17-19)28(21-10-6-7-11-23(21)30-24)18(2)16-20-9-5-4-8-15-26-20;/h6-7,10-13,17-18,20,26H,3-5,8-9,14-16H2,1-2H3,(H,27,29);1H/t18-,20?;/m1./s1. The van der Waals surface area contributed by atoms with Crippen LogP contribution in [0, 0.1) is 0 Å². The average Bonchev–Trinajstić information content (AvgIpc) is 3.03. The SMILES string of the molecule is CCCNC(=S)c1ccc2c(c1)N([C@H](C)CC1CCCCCN1)c1ccccc1S2.Cl. The minimum Gasteiger partial charge on any atom is -0.376 e. The summed E-state index contributed by atoms with van der Waals surface area (Å²) in [7, 11) is 0. The maximum absolute atomic E-state index is 5.67. The van der Waals surface area contributed by atoms with Crippen molar-refractivity contribution in [2.75, 3.05) is 18.0 Å². The first kappa shape index (κ1) is 24.4. The largest absolute Gasteiger partial charge is 0.376 e. The second-order valence-electron chi connectivity index (χ2n) is 8.46. The van der Waals surface area contributed by atoms with Crippen LogP contribution in [-0.2, 0) is 0 Å². The predicted molar refractivity (Wildman–Crippen MR) is 141 cm³/mol. The summed E-state index contributed by atoms with van der Waals surface area (Å²) in [6.07, 6.45) is 7.52. The fourth-order valence-electron chi connectivity index (χ4n) is 4.56. The molecule has 4 rings (SSSR count). The second kappa shape index (κ2) is 11.6. The lowest BCUT2D eigenvalue weighted by Crippen LogP contribution is -2.38. The van der Waals surface area contributed by atoms with Gasteiger partial charge in [0.15, 0.2) is 0 Å². The van der Waals surface area contributed by atoms with Crippen molar-refractivity contribution in [1.29, 1.82) is 0 Å². The molecule has 0 radical (unpaired) electrons. The highest BCUT2D eigenvalue weighted by molar-refractivity contribution is 7.99. The molecule has 3 nitrogen and oxygen atoms in total. The van der Waals surface area contributed by atoms with Crippen LogP contribution >= 0.6 is 36.4 Å². The number of anilines is 2. The summed E-state index contributed by atoms with van der Waals surface area (Å²) in [6, 6.07) is 16.5. The van der Waals surface area contributed by atoms with E-state index in [1.165, 1.54) is 46.8 Å². The van der Waals surface area contributed by atoms with Gasteiger partial charge in [0.1, 0.15) is 4.99 Å². The lowest BCUT2D eigenvalue weighted by molar-refractivity contribution is 0.442. The fraction of sp³-hybridized carbons (Fsp3) is 0.480. The quantitative estimate of drug-likeness (QED) is 0.453. The van der Waals surface area contributed by atoms with Crippen molar-refractivity contribution in [3.63, 3.8) is 0 Å². The van der Waals surface area contributed by atoms with Gasteiger partial charge in [0, 0.05) is 34.0 Å². The first-order chi connectivity index (χ1) is 14.7. The number of rotatable bonds is 6. The van der Waals surface area contributed by atoms with Gasteiger partial charge >= 0.3 is 0 Å². The number of nitrogens with zero attached hydrogens (tertiary/aromatic N) is 1. The Kier molecular flexibility index (Phi) is 9.08. The van der Waals surface area contributed by atoms with Crippen molar-refractivity contribution in [3.05, 3.63) is 48.0 Å². The predicted octanol–water partition coefficient (Wildman–Crippen LogP) is 6.70. The summed E-state index contributed by atoms with van der Waals surface area (Å²) >= 11 is 7.54. The lowest BCUT2D eigenvalue weighted by Gasteiger charge is -2.39. The Morgan fingerprint density at radius 1 is 1.16 bits per heavy atom. The lowest BCUT2D eigenvalue weighted by atomic mass is 10.0. The molecular formula is C25H34ClN3S2. The second-order valence-corrected chi connectivity index (χ2v) is 9.96. The fourth-order valence-corrected chi connectivity index (χ4v) is 5.84. The van der Waals surface area contributed by atoms with Crippen LogP contribution in [0.5, 0.6) is 0 Å². The van der Waals surface area contributed by atoms with E-state index in [9.17, 15) is 0 Å². The smallest absolute Gasteiger partial charge is 0.106 e. The molecule has 2 aromatic carbocycles. The molecule has 2 N–H and O–H groups in total. The first-order valence-electron chi connectivity index (χ1n) is 11.4. The van der Waals surface area contributed by atoms with Crippen molar-refractivity contribution < 1.29 is 0 Å². The van der Waals surface area contributed by atoms with Gasteiger partial charge in [-0.15, -0.1) is 12.4 Å². The first-order valence-corrected chi connectivity index (χ1v) is 12.6. The minimum atomic E-state index is 0. The molecule has 0 aromatic heterocycles. The molecule has 0 saturated carbocycles. The number of benzene rings is 2. The van der Waals surface area contributed by atoms with Crippen LogP contribution in [0.2, 0.25) is 0 Å². The van der Waals surface area contributed by atoms with Gasteiger partial charge < -0.3 is 15.5 Å². The highest BCUT2D eigenvalue weighted by Gasteiger charge is 2.29. The molecule has 0 spiro atoms. The van der Waals surface area contributed by atoms with E-state index in [0.29, 0.717) is 12.1 Å². The van der Waals surface area contributed by atoms with Gasteiger partial charge in [0.05, 0.1) is 11.4 Å². The Labute approximate surface area is 203 Å². The molecule has 6 heteroatoms. The molecule has 31 heavy (non-hydrogen) atoms. The third-order valence-corrected chi connectivity index (χ3v) is 7.60. The Morgan fingerprint density at radius 3 is 2.81 bits per heavy atom. The Balaban J connectivity index is 0.00000272. The van der Waals surface area contributed by atoms with Crippen molar-refractivity contribution >= 4 is 52.8 Å². The van der Waals surface area contributed by atoms with Crippen molar-refractivity contribution in [2.45, 2.75) is 74.2 Å². The van der Waals surface area contributed by atoms with E-state index in [1.54, 1.807) is 0 Å². The maximum atomic E-state index is 5.67. The molecule has 2 atom stereocenters. The van der Waals surface area contributed by atoms with E-state index in [2.05, 4.69) is 71.8 Å². The number of thiocarbonyl (C=S) groups is 1. The Bertz CT molecular complexity index is 881. The normalized spacial score (nSPS) is 18.8. The van der Waals surface area contributed by atoms with E-state index in [1.807, 2.05) is 11.8 Å². The van der Waals surface area contributed by atoms with Crippen LogP contribution in [0.25, 0.3) is 0 Å². The summed E-state index contributed by atoms with van der Waals surface area (Å²) in [6.45, 7) is 6.62. The third kappa shape index (κ3) is 5.75. The summed E-state index contributed by atoms with van der Waals surface area (Å²) in [5.74, 6) is 0. The molecule has 2 aromatic rings. The molecule has 1 saturated heterocycles. The molecule has 0 aliphatic carbocycles. The highest BCUT2D eigenvalue weighted by Crippen LogP contribution is 2.49. The van der Waals surface area contributed by atoms with Crippen molar-refractivity contribution in [1.82, 2.24) is 10.6 Å². The average molecular weight is 476 g/mol. The molecule has 0 amide bonds. The summed E-state index contributed by atoms with van der Waals surface area (Å²) in [5.41, 5.74) is 3.72. The van der Waals surface area contributed by atoms with Gasteiger partial charge in [0.25, 0.3) is 0 Å². The van der Waals surface area contributed by atoms with Crippen molar-refractivity contribution in [2.24, 2.45) is 0 Å². The van der Waals surface area contributed by atoms with Gasteiger partial charge in [-0.05, 0) is 63.4 Å². The topological polar surface area (TPSA) is 27.3 Å². The molecular weight excluding hydrogens is 442 g/mol. The highest BCUT2D eigenvalue weighted by atomic mass is 35.5. The summed E-state index contributed by atoms with van der Waals surface area (Å²) in [4.78, 5) is 6.06. The maximum Gasteiger partial charge on any atom is 0.106 e. The van der Waals surface area contributed by atoms with Gasteiger partial charge in [-0.2, -0.15) is 0 Å². The van der Waals surface area contributed by atoms with E-state index >= 15 is 0 Å². The minimum absolute atomic E-state index is 0. The zero-order valence-electron chi connectivity index (χ0n) is 18.5. The van der Waals surface area contributed by atoms with Gasteiger partial charge in [-0.25, -0.2) is 0 Å². The molecule has 0 bridgehead atoms. The monoisotopic (exact) mass is 475 g/mol. The van der Waals surface area contributed by atoms with E-state index in [-0.39, 0.29) is 12.4 Å². The summed E-state index contributed by atoms with van der Waals surface area (Å²) < 4.78 is 0. The molecule has 2 heterocycles. The van der Waals surface area contributed by atoms with Crippen molar-refractivity contribution in [3.8, 4) is 0 Å². The van der Waals surface area contributed by atoms with Crippen LogP contribution in [0.1, 0.15) is 57.9 Å². The van der Waals surface area contributed by atoms with Gasteiger partial charge in [-0.3, -0.25) is 0 Å². The molecule has 2 aliphatic rings. The number of hydrogen-bond acceptors (Lipinski definition) is 4. The number of halogens is 1. The van der Waals surface area contributed by atoms with Gasteiger partial charge in [-0.1, -0.05) is 61.9 Å².